The van der Waals surface area contributed by atoms with Crippen LogP contribution in [0.15, 0.2) is 23.1 Å². The molecule has 0 atom stereocenters. The van der Waals surface area contributed by atoms with Crippen molar-refractivity contribution in [1.82, 2.24) is 14.8 Å². The summed E-state index contributed by atoms with van der Waals surface area (Å²) in [5.41, 5.74) is 0.0956. The van der Waals surface area contributed by atoms with Crippen LogP contribution in [0.25, 0.3) is 0 Å². The Labute approximate surface area is 104 Å². The van der Waals surface area contributed by atoms with Crippen LogP contribution in [-0.4, -0.2) is 52.8 Å². The van der Waals surface area contributed by atoms with Crippen molar-refractivity contribution in [2.75, 3.05) is 26.2 Å². The summed E-state index contributed by atoms with van der Waals surface area (Å²) in [4.78, 5) is 40.5. The van der Waals surface area contributed by atoms with Gasteiger partial charge in [0.1, 0.15) is 5.69 Å². The minimum atomic E-state index is -0.198. The third-order valence-corrected chi connectivity index (χ3v) is 3.02. The number of H-pyrrole nitrogens is 1. The highest BCUT2D eigenvalue weighted by atomic mass is 16.2. The van der Waals surface area contributed by atoms with Crippen molar-refractivity contribution < 1.29 is 9.59 Å². The van der Waals surface area contributed by atoms with Crippen molar-refractivity contribution >= 4 is 11.8 Å². The van der Waals surface area contributed by atoms with Crippen LogP contribution in [0.5, 0.6) is 0 Å². The highest BCUT2D eigenvalue weighted by Gasteiger charge is 2.23. The summed E-state index contributed by atoms with van der Waals surface area (Å²) in [5.74, 6) is -0.175. The lowest BCUT2D eigenvalue weighted by atomic mass is 10.2. The minimum Gasteiger partial charge on any atom is -0.357 e. The zero-order valence-electron chi connectivity index (χ0n) is 10.2. The van der Waals surface area contributed by atoms with Gasteiger partial charge in [-0.1, -0.05) is 0 Å². The number of nitrogens with one attached hydrogen (secondary N) is 1. The summed E-state index contributed by atoms with van der Waals surface area (Å²) in [6.45, 7) is 3.59. The maximum atomic E-state index is 12.1. The molecule has 96 valence electrons. The Balaban J connectivity index is 2.04. The number of piperazine rings is 1. The number of hydrogen-bond donors (Lipinski definition) is 1. The normalized spacial score (nSPS) is 15.6. The van der Waals surface area contributed by atoms with Gasteiger partial charge in [-0.25, -0.2) is 0 Å². The molecule has 2 heterocycles. The Bertz CT molecular complexity index is 515. The Hall–Kier alpha value is -2.11. The van der Waals surface area contributed by atoms with Gasteiger partial charge in [-0.15, -0.1) is 0 Å². The predicted molar refractivity (Wildman–Crippen MR) is 65.2 cm³/mol. The second-order valence-corrected chi connectivity index (χ2v) is 4.24. The lowest BCUT2D eigenvalue weighted by Crippen LogP contribution is -2.50. The summed E-state index contributed by atoms with van der Waals surface area (Å²) >= 11 is 0. The molecular formula is C12H15N3O3. The molecule has 1 aliphatic heterocycles. The molecule has 6 nitrogen and oxygen atoms in total. The average Bonchev–Trinajstić information content (AvgIpc) is 2.38. The summed E-state index contributed by atoms with van der Waals surface area (Å²) in [5, 5.41) is 0. The number of hydrogen-bond acceptors (Lipinski definition) is 3. The molecule has 0 aromatic carbocycles. The van der Waals surface area contributed by atoms with Crippen molar-refractivity contribution in [2.45, 2.75) is 6.92 Å². The third kappa shape index (κ3) is 2.58. The topological polar surface area (TPSA) is 73.5 Å². The molecule has 0 radical (unpaired) electrons. The minimum absolute atomic E-state index is 0.0233. The smallest absolute Gasteiger partial charge is 0.270 e. The molecule has 2 rings (SSSR count). The first kappa shape index (κ1) is 12.3. The van der Waals surface area contributed by atoms with E-state index >= 15 is 0 Å². The maximum absolute atomic E-state index is 12.1. The van der Waals surface area contributed by atoms with E-state index in [1.54, 1.807) is 9.80 Å². The van der Waals surface area contributed by atoms with E-state index < -0.39 is 0 Å². The second-order valence-electron chi connectivity index (χ2n) is 4.24. The molecule has 2 amide bonds. The number of carbonyl (C=O) groups excluding carboxylic acids is 2. The van der Waals surface area contributed by atoms with E-state index in [4.69, 9.17) is 0 Å². The molecule has 0 unspecified atom stereocenters. The Morgan fingerprint density at radius 3 is 2.33 bits per heavy atom. The van der Waals surface area contributed by atoms with Crippen LogP contribution in [0.1, 0.15) is 17.4 Å². The van der Waals surface area contributed by atoms with Crippen molar-refractivity contribution in [3.63, 3.8) is 0 Å². The van der Waals surface area contributed by atoms with Gasteiger partial charge in [-0.3, -0.25) is 14.4 Å². The average molecular weight is 249 g/mol. The molecule has 1 N–H and O–H groups in total. The van der Waals surface area contributed by atoms with Gasteiger partial charge >= 0.3 is 0 Å². The predicted octanol–water partition coefficient (Wildman–Crippen LogP) is -0.321. The zero-order valence-corrected chi connectivity index (χ0v) is 10.2. The van der Waals surface area contributed by atoms with Crippen LogP contribution in [0.3, 0.4) is 0 Å². The highest BCUT2D eigenvalue weighted by molar-refractivity contribution is 5.92. The van der Waals surface area contributed by atoms with Crippen LogP contribution in [0.4, 0.5) is 0 Å². The standard InChI is InChI=1S/C12H15N3O3/c1-9(16)14-4-6-15(7-5-14)12(18)11-8-10(17)2-3-13-11/h2-3,8H,4-7H2,1H3,(H,13,17). The molecule has 0 aliphatic carbocycles. The lowest BCUT2D eigenvalue weighted by molar-refractivity contribution is -0.130. The molecule has 1 fully saturated rings. The maximum Gasteiger partial charge on any atom is 0.270 e. The van der Waals surface area contributed by atoms with Gasteiger partial charge in [0.25, 0.3) is 5.91 Å². The molecular weight excluding hydrogens is 234 g/mol. The number of pyridine rings is 1. The molecule has 1 saturated heterocycles. The van der Waals surface area contributed by atoms with Crippen LogP contribution in [0, 0.1) is 0 Å². The van der Waals surface area contributed by atoms with Crippen molar-refractivity contribution in [2.24, 2.45) is 0 Å². The molecule has 0 spiro atoms. The van der Waals surface area contributed by atoms with Crippen molar-refractivity contribution in [3.8, 4) is 0 Å². The fourth-order valence-electron chi connectivity index (χ4n) is 1.96. The number of aromatic nitrogens is 1. The first-order chi connectivity index (χ1) is 8.58. The summed E-state index contributed by atoms with van der Waals surface area (Å²) < 4.78 is 0. The Morgan fingerprint density at radius 2 is 1.78 bits per heavy atom. The monoisotopic (exact) mass is 249 g/mol. The van der Waals surface area contributed by atoms with Gasteiger partial charge in [0.2, 0.25) is 5.91 Å². The van der Waals surface area contributed by atoms with E-state index in [2.05, 4.69) is 4.98 Å². The largest absolute Gasteiger partial charge is 0.357 e. The third-order valence-electron chi connectivity index (χ3n) is 3.02. The summed E-state index contributed by atoms with van der Waals surface area (Å²) in [6.07, 6.45) is 1.46. The molecule has 1 aliphatic rings. The van der Waals surface area contributed by atoms with E-state index in [9.17, 15) is 14.4 Å². The summed E-state index contributed by atoms with van der Waals surface area (Å²) in [7, 11) is 0. The van der Waals surface area contributed by atoms with E-state index in [-0.39, 0.29) is 17.2 Å². The fourth-order valence-corrected chi connectivity index (χ4v) is 1.96. The van der Waals surface area contributed by atoms with Gasteiger partial charge < -0.3 is 14.8 Å². The van der Waals surface area contributed by atoms with Crippen LogP contribution < -0.4 is 5.43 Å². The van der Waals surface area contributed by atoms with Crippen LogP contribution in [0.2, 0.25) is 0 Å². The number of carbonyl (C=O) groups is 2. The lowest BCUT2D eigenvalue weighted by Gasteiger charge is -2.34. The van der Waals surface area contributed by atoms with Crippen LogP contribution in [-0.2, 0) is 4.79 Å². The first-order valence-electron chi connectivity index (χ1n) is 5.81. The van der Waals surface area contributed by atoms with E-state index in [1.807, 2.05) is 0 Å². The van der Waals surface area contributed by atoms with Gasteiger partial charge in [-0.2, -0.15) is 0 Å². The summed E-state index contributed by atoms with van der Waals surface area (Å²) in [6, 6.07) is 2.66. The molecule has 0 bridgehead atoms. The van der Waals surface area contributed by atoms with Crippen molar-refractivity contribution in [3.05, 3.63) is 34.2 Å². The number of nitrogens with zero attached hydrogens (tertiary/aromatic N) is 2. The second kappa shape index (κ2) is 5.03. The molecule has 1 aromatic heterocycles. The van der Waals surface area contributed by atoms with Crippen molar-refractivity contribution in [1.29, 1.82) is 0 Å². The molecule has 0 saturated carbocycles. The molecule has 6 heteroatoms. The highest BCUT2D eigenvalue weighted by Crippen LogP contribution is 2.06. The number of amides is 2. The molecule has 18 heavy (non-hydrogen) atoms. The number of rotatable bonds is 1. The van der Waals surface area contributed by atoms with Gasteiger partial charge in [0.05, 0.1) is 0 Å². The molecule has 1 aromatic rings. The Kier molecular flexibility index (Phi) is 3.45. The Morgan fingerprint density at radius 1 is 1.17 bits per heavy atom. The fraction of sp³-hybridized carbons (Fsp3) is 0.417. The van der Waals surface area contributed by atoms with E-state index in [1.165, 1.54) is 25.3 Å². The van der Waals surface area contributed by atoms with Crippen LogP contribution >= 0.6 is 0 Å². The SMILES string of the molecule is CC(=O)N1CCN(C(=O)c2cc(=O)cc[nH]2)CC1. The van der Waals surface area contributed by atoms with Gasteiger partial charge in [0.15, 0.2) is 5.43 Å². The van der Waals surface area contributed by atoms with E-state index in [0.717, 1.165) is 0 Å². The zero-order chi connectivity index (χ0) is 13.1. The van der Waals surface area contributed by atoms with Gasteiger partial charge in [0, 0.05) is 51.4 Å². The van der Waals surface area contributed by atoms with E-state index in [0.29, 0.717) is 31.9 Å². The first-order valence-corrected chi connectivity index (χ1v) is 5.81. The van der Waals surface area contributed by atoms with Gasteiger partial charge in [-0.05, 0) is 0 Å². The number of aromatic amines is 1. The quantitative estimate of drug-likeness (QED) is 0.741.